The van der Waals surface area contributed by atoms with Crippen LogP contribution in [-0.2, 0) is 13.0 Å². The summed E-state index contributed by atoms with van der Waals surface area (Å²) in [5.41, 5.74) is 4.59. The molecule has 0 radical (unpaired) electrons. The molecule has 2 aromatic carbocycles. The quantitative estimate of drug-likeness (QED) is 0.474. The number of carbonyl (C=O) groups is 1. The van der Waals surface area contributed by atoms with Gasteiger partial charge in [0.1, 0.15) is 12.4 Å². The number of hydrogen-bond donors (Lipinski definition) is 0. The number of Topliss-reactive ketones (excluding diaryl/α,β-unsaturated/α-hetero) is 1. The van der Waals surface area contributed by atoms with Crippen LogP contribution in [-0.4, -0.2) is 35.3 Å². The number of benzene rings is 2. The third-order valence-corrected chi connectivity index (χ3v) is 7.28. The summed E-state index contributed by atoms with van der Waals surface area (Å²) >= 11 is 0. The highest BCUT2D eigenvalue weighted by atomic mass is 16.5. The first kappa shape index (κ1) is 21.8. The smallest absolute Gasteiger partial charge is 0.166 e. The van der Waals surface area contributed by atoms with Crippen LogP contribution in [0.3, 0.4) is 0 Å². The van der Waals surface area contributed by atoms with Crippen LogP contribution >= 0.6 is 0 Å². The zero-order chi connectivity index (χ0) is 22.5. The molecule has 170 valence electrons. The minimum absolute atomic E-state index is 0.146. The van der Waals surface area contributed by atoms with E-state index >= 15 is 0 Å². The third kappa shape index (κ3) is 5.33. The lowest BCUT2D eigenvalue weighted by Gasteiger charge is -2.33. The normalized spacial score (nSPS) is 19.3. The van der Waals surface area contributed by atoms with Gasteiger partial charge in [-0.05, 0) is 105 Å². The predicted octanol–water partition coefficient (Wildman–Crippen LogP) is 5.68. The van der Waals surface area contributed by atoms with Gasteiger partial charge < -0.3 is 9.64 Å². The van der Waals surface area contributed by atoms with Crippen molar-refractivity contribution < 1.29 is 9.53 Å². The van der Waals surface area contributed by atoms with Gasteiger partial charge in [-0.25, -0.2) is 0 Å². The fourth-order valence-corrected chi connectivity index (χ4v) is 5.26. The van der Waals surface area contributed by atoms with Crippen molar-refractivity contribution in [1.29, 1.82) is 0 Å². The van der Waals surface area contributed by atoms with E-state index in [-0.39, 0.29) is 5.92 Å². The number of pyridine rings is 1. The highest BCUT2D eigenvalue weighted by Crippen LogP contribution is 2.32. The molecule has 1 fully saturated rings. The lowest BCUT2D eigenvalue weighted by Crippen LogP contribution is -2.35. The van der Waals surface area contributed by atoms with Crippen molar-refractivity contribution in [2.75, 3.05) is 19.6 Å². The van der Waals surface area contributed by atoms with Gasteiger partial charge in [0.15, 0.2) is 5.78 Å². The van der Waals surface area contributed by atoms with Crippen molar-refractivity contribution in [3.63, 3.8) is 0 Å². The van der Waals surface area contributed by atoms with Crippen molar-refractivity contribution in [2.24, 2.45) is 5.92 Å². The van der Waals surface area contributed by atoms with E-state index in [4.69, 9.17) is 4.74 Å². The van der Waals surface area contributed by atoms with Crippen LogP contribution in [0.5, 0.6) is 5.75 Å². The molecular formula is C29H32N2O2. The number of carbonyl (C=O) groups excluding carboxylic acids is 1. The molecule has 0 amide bonds. The van der Waals surface area contributed by atoms with E-state index in [1.54, 1.807) is 12.4 Å². The number of fused-ring (bicyclic) bond motifs is 1. The van der Waals surface area contributed by atoms with E-state index in [1.165, 1.54) is 18.4 Å². The molecule has 4 heteroatoms. The number of hydrogen-bond acceptors (Lipinski definition) is 4. The Labute approximate surface area is 196 Å². The summed E-state index contributed by atoms with van der Waals surface area (Å²) in [5, 5.41) is 0. The molecule has 1 aliphatic carbocycles. The summed E-state index contributed by atoms with van der Waals surface area (Å²) in [7, 11) is 0. The summed E-state index contributed by atoms with van der Waals surface area (Å²) in [5.74, 6) is 1.97. The zero-order valence-electron chi connectivity index (χ0n) is 19.2. The van der Waals surface area contributed by atoms with Crippen molar-refractivity contribution >= 4 is 5.78 Å². The Morgan fingerprint density at radius 3 is 2.52 bits per heavy atom. The fraction of sp³-hybridized carbons (Fsp3) is 0.379. The first-order valence-corrected chi connectivity index (χ1v) is 12.2. The topological polar surface area (TPSA) is 42.4 Å². The van der Waals surface area contributed by atoms with Crippen LogP contribution < -0.4 is 4.74 Å². The van der Waals surface area contributed by atoms with Gasteiger partial charge in [0.25, 0.3) is 0 Å². The summed E-state index contributed by atoms with van der Waals surface area (Å²) in [4.78, 5) is 19.7. The van der Waals surface area contributed by atoms with Crippen molar-refractivity contribution in [3.05, 3.63) is 95.3 Å². The minimum Gasteiger partial charge on any atom is -0.489 e. The number of ketones is 1. The van der Waals surface area contributed by atoms with Crippen molar-refractivity contribution in [1.82, 2.24) is 9.88 Å². The van der Waals surface area contributed by atoms with E-state index in [2.05, 4.69) is 46.3 Å². The van der Waals surface area contributed by atoms with Crippen molar-refractivity contribution in [2.45, 2.75) is 44.6 Å². The molecule has 1 saturated heterocycles. The Balaban J connectivity index is 1.12. The van der Waals surface area contributed by atoms with Crippen LogP contribution in [0.15, 0.2) is 73.1 Å². The predicted molar refractivity (Wildman–Crippen MR) is 131 cm³/mol. The van der Waals surface area contributed by atoms with Gasteiger partial charge in [-0.1, -0.05) is 30.3 Å². The van der Waals surface area contributed by atoms with E-state index < -0.39 is 0 Å². The van der Waals surface area contributed by atoms with Crippen LogP contribution in [0.2, 0.25) is 0 Å². The lowest BCUT2D eigenvalue weighted by molar-refractivity contribution is 0.0877. The fourth-order valence-electron chi connectivity index (χ4n) is 5.26. The SMILES string of the molecule is O=C1c2ccc(OCc3ccncc3)cc2CCC1CCN1CCC(c2ccccc2)CC1. The second-order valence-electron chi connectivity index (χ2n) is 9.38. The van der Waals surface area contributed by atoms with Crippen LogP contribution in [0.25, 0.3) is 0 Å². The Morgan fingerprint density at radius 1 is 0.939 bits per heavy atom. The van der Waals surface area contributed by atoms with Gasteiger partial charge in [-0.2, -0.15) is 0 Å². The molecule has 0 saturated carbocycles. The molecule has 2 heterocycles. The van der Waals surface area contributed by atoms with E-state index in [1.807, 2.05) is 24.3 Å². The van der Waals surface area contributed by atoms with Gasteiger partial charge >= 0.3 is 0 Å². The number of rotatable bonds is 7. The van der Waals surface area contributed by atoms with Gasteiger partial charge in [-0.15, -0.1) is 0 Å². The first-order chi connectivity index (χ1) is 16.3. The second kappa shape index (κ2) is 10.3. The summed E-state index contributed by atoms with van der Waals surface area (Å²) in [6, 6.07) is 20.8. The molecule has 0 bridgehead atoms. The molecule has 0 spiro atoms. The molecule has 3 aromatic rings. The molecule has 1 unspecified atom stereocenters. The molecule has 1 aliphatic heterocycles. The lowest BCUT2D eigenvalue weighted by atomic mass is 9.80. The van der Waals surface area contributed by atoms with Crippen LogP contribution in [0.4, 0.5) is 0 Å². The van der Waals surface area contributed by atoms with Gasteiger partial charge in [0, 0.05) is 23.9 Å². The van der Waals surface area contributed by atoms with Crippen molar-refractivity contribution in [3.8, 4) is 5.75 Å². The van der Waals surface area contributed by atoms with Gasteiger partial charge in [-0.3, -0.25) is 9.78 Å². The molecular weight excluding hydrogens is 408 g/mol. The maximum Gasteiger partial charge on any atom is 0.166 e. The van der Waals surface area contributed by atoms with Gasteiger partial charge in [0.05, 0.1) is 0 Å². The molecule has 2 aliphatic rings. The van der Waals surface area contributed by atoms with Gasteiger partial charge in [0.2, 0.25) is 0 Å². The highest BCUT2D eigenvalue weighted by Gasteiger charge is 2.29. The molecule has 4 nitrogen and oxygen atoms in total. The monoisotopic (exact) mass is 440 g/mol. The molecule has 1 aromatic heterocycles. The number of aryl methyl sites for hydroxylation is 1. The van der Waals surface area contributed by atoms with Crippen LogP contribution in [0, 0.1) is 5.92 Å². The number of aromatic nitrogens is 1. The number of ether oxygens (including phenoxy) is 1. The Bertz CT molecular complexity index is 1060. The zero-order valence-corrected chi connectivity index (χ0v) is 19.2. The highest BCUT2D eigenvalue weighted by molar-refractivity contribution is 6.00. The maximum atomic E-state index is 13.2. The van der Waals surface area contributed by atoms with E-state index in [0.717, 1.165) is 61.3 Å². The standard InChI is InChI=1S/C29H32N2O2/c32-29-25(14-19-31-17-12-24(13-18-31)23-4-2-1-3-5-23)6-7-26-20-27(8-9-28(26)29)33-21-22-10-15-30-16-11-22/h1-5,8-11,15-16,20,24-25H,6-7,12-14,17-19,21H2. The average molecular weight is 441 g/mol. The number of likely N-dealkylation sites (tertiary alicyclic amines) is 1. The average Bonchev–Trinajstić information content (AvgIpc) is 2.88. The Morgan fingerprint density at radius 2 is 1.73 bits per heavy atom. The van der Waals surface area contributed by atoms with Crippen LogP contribution in [0.1, 0.15) is 58.6 Å². The van der Waals surface area contributed by atoms with E-state index in [0.29, 0.717) is 18.3 Å². The summed E-state index contributed by atoms with van der Waals surface area (Å²) in [6.07, 6.45) is 8.84. The molecule has 0 N–H and O–H groups in total. The maximum absolute atomic E-state index is 13.2. The molecule has 5 rings (SSSR count). The van der Waals surface area contributed by atoms with E-state index in [9.17, 15) is 4.79 Å². The first-order valence-electron chi connectivity index (χ1n) is 12.2. The Kier molecular flexibility index (Phi) is 6.82. The summed E-state index contributed by atoms with van der Waals surface area (Å²) < 4.78 is 5.94. The Hall–Kier alpha value is -2.98. The molecule has 33 heavy (non-hydrogen) atoms. The second-order valence-corrected chi connectivity index (χ2v) is 9.38. The third-order valence-electron chi connectivity index (χ3n) is 7.28. The number of nitrogens with zero attached hydrogens (tertiary/aromatic N) is 2. The minimum atomic E-state index is 0.146. The largest absolute Gasteiger partial charge is 0.489 e. The summed E-state index contributed by atoms with van der Waals surface area (Å²) in [6.45, 7) is 3.81. The molecule has 1 atom stereocenters. The number of piperidine rings is 1.